The fraction of sp³-hybridized carbons (Fsp3) is 0.483. The molecule has 37 heavy (non-hydrogen) atoms. The summed E-state index contributed by atoms with van der Waals surface area (Å²) < 4.78 is 0. The Bertz CT molecular complexity index is 1120. The zero-order chi connectivity index (χ0) is 26.6. The summed E-state index contributed by atoms with van der Waals surface area (Å²) in [5.41, 5.74) is 2.74. The van der Waals surface area contributed by atoms with Crippen molar-refractivity contribution in [1.29, 1.82) is 0 Å². The Balaban J connectivity index is 1.29. The molecular weight excluding hydrogens is 466 g/mol. The lowest BCUT2D eigenvalue weighted by molar-refractivity contribution is 0.0475. The molecule has 2 fully saturated rings. The van der Waals surface area contributed by atoms with E-state index in [4.69, 9.17) is 0 Å². The van der Waals surface area contributed by atoms with Gasteiger partial charge < -0.3 is 20.9 Å². The van der Waals surface area contributed by atoms with E-state index in [0.29, 0.717) is 23.4 Å². The minimum Gasteiger partial charge on any atom is -0.347 e. The Morgan fingerprint density at radius 1 is 0.973 bits per heavy atom. The molecule has 1 atom stereocenters. The number of nitrogens with one attached hydrogen (secondary N) is 3. The van der Waals surface area contributed by atoms with Crippen LogP contribution in [-0.2, 0) is 6.54 Å². The second-order valence-corrected chi connectivity index (χ2v) is 11.3. The van der Waals surface area contributed by atoms with Crippen LogP contribution in [0.25, 0.3) is 0 Å². The first-order chi connectivity index (χ1) is 17.6. The first-order valence-corrected chi connectivity index (χ1v) is 13.2. The van der Waals surface area contributed by atoms with Crippen LogP contribution in [0.3, 0.4) is 0 Å². The minimum absolute atomic E-state index is 0.00142. The molecule has 2 aromatic carbocycles. The highest BCUT2D eigenvalue weighted by atomic mass is 16.2. The summed E-state index contributed by atoms with van der Waals surface area (Å²) in [6, 6.07) is 15.0. The molecule has 3 N–H and O–H groups in total. The van der Waals surface area contributed by atoms with E-state index in [2.05, 4.69) is 27.8 Å². The van der Waals surface area contributed by atoms with Gasteiger partial charge in [-0.05, 0) is 88.9 Å². The third-order valence-corrected chi connectivity index (χ3v) is 6.89. The molecule has 1 aliphatic carbocycles. The lowest BCUT2D eigenvalue weighted by Crippen LogP contribution is -2.53. The molecule has 2 aliphatic rings. The van der Waals surface area contributed by atoms with Crippen LogP contribution in [0.15, 0.2) is 48.5 Å². The summed E-state index contributed by atoms with van der Waals surface area (Å²) in [7, 11) is 0. The summed E-state index contributed by atoms with van der Waals surface area (Å²) in [6.45, 7) is 10.9. The molecule has 1 saturated heterocycles. The highest BCUT2D eigenvalue weighted by molar-refractivity contribution is 5.96. The highest BCUT2D eigenvalue weighted by Gasteiger charge is 2.28. The van der Waals surface area contributed by atoms with E-state index >= 15 is 0 Å². The number of amides is 4. The largest absolute Gasteiger partial charge is 0.347 e. The van der Waals surface area contributed by atoms with Crippen molar-refractivity contribution >= 4 is 23.5 Å². The number of anilines is 1. The average molecular weight is 506 g/mol. The van der Waals surface area contributed by atoms with Crippen molar-refractivity contribution < 1.29 is 14.4 Å². The predicted molar refractivity (Wildman–Crippen MR) is 146 cm³/mol. The van der Waals surface area contributed by atoms with Gasteiger partial charge in [-0.3, -0.25) is 14.5 Å². The predicted octanol–water partition coefficient (Wildman–Crippen LogP) is 4.24. The Kier molecular flexibility index (Phi) is 8.17. The molecule has 1 aliphatic heterocycles. The molecule has 0 spiro atoms. The number of hydrogen-bond acceptors (Lipinski definition) is 4. The second kappa shape index (κ2) is 11.3. The third-order valence-electron chi connectivity index (χ3n) is 6.89. The first-order valence-electron chi connectivity index (χ1n) is 13.2. The SMILES string of the molecule is C[C@H]1CN(Cc2cccc(C(=O)NC(C)(C)C)c2)CCN1C(=O)c1ccc(NC(=O)NC2CCC2)cc1. The van der Waals surface area contributed by atoms with Crippen molar-refractivity contribution in [3.8, 4) is 0 Å². The van der Waals surface area contributed by atoms with Crippen LogP contribution in [0.5, 0.6) is 0 Å². The maximum Gasteiger partial charge on any atom is 0.319 e. The van der Waals surface area contributed by atoms with Gasteiger partial charge in [0.25, 0.3) is 11.8 Å². The number of carbonyl (C=O) groups is 3. The van der Waals surface area contributed by atoms with Gasteiger partial charge in [-0.25, -0.2) is 4.79 Å². The van der Waals surface area contributed by atoms with Gasteiger partial charge in [0, 0.05) is 60.6 Å². The van der Waals surface area contributed by atoms with Gasteiger partial charge in [0.05, 0.1) is 0 Å². The van der Waals surface area contributed by atoms with Crippen molar-refractivity contribution in [2.24, 2.45) is 0 Å². The van der Waals surface area contributed by atoms with Crippen LogP contribution in [0, 0.1) is 0 Å². The summed E-state index contributed by atoms with van der Waals surface area (Å²) in [6.07, 6.45) is 3.23. The Labute approximate surface area is 219 Å². The van der Waals surface area contributed by atoms with Crippen LogP contribution < -0.4 is 16.0 Å². The van der Waals surface area contributed by atoms with Gasteiger partial charge in [0.2, 0.25) is 0 Å². The second-order valence-electron chi connectivity index (χ2n) is 11.3. The van der Waals surface area contributed by atoms with Gasteiger partial charge >= 0.3 is 6.03 Å². The molecule has 198 valence electrons. The van der Waals surface area contributed by atoms with Crippen LogP contribution in [0.2, 0.25) is 0 Å². The summed E-state index contributed by atoms with van der Waals surface area (Å²) in [4.78, 5) is 42.1. The number of nitrogens with zero attached hydrogens (tertiary/aromatic N) is 2. The number of hydrogen-bond donors (Lipinski definition) is 3. The minimum atomic E-state index is -0.285. The molecule has 1 heterocycles. The number of rotatable bonds is 6. The lowest BCUT2D eigenvalue weighted by Gasteiger charge is -2.40. The Morgan fingerprint density at radius 2 is 1.70 bits per heavy atom. The Morgan fingerprint density at radius 3 is 2.32 bits per heavy atom. The first kappa shape index (κ1) is 26.7. The van der Waals surface area contributed by atoms with Crippen LogP contribution in [-0.4, -0.2) is 64.9 Å². The molecule has 0 radical (unpaired) electrons. The highest BCUT2D eigenvalue weighted by Crippen LogP contribution is 2.20. The van der Waals surface area contributed by atoms with Gasteiger partial charge in [-0.15, -0.1) is 0 Å². The quantitative estimate of drug-likeness (QED) is 0.548. The molecule has 2 aromatic rings. The van der Waals surface area contributed by atoms with E-state index in [1.807, 2.05) is 49.9 Å². The monoisotopic (exact) mass is 505 g/mol. The van der Waals surface area contributed by atoms with Gasteiger partial charge in [-0.2, -0.15) is 0 Å². The molecule has 0 unspecified atom stereocenters. The van der Waals surface area contributed by atoms with E-state index in [1.54, 1.807) is 24.3 Å². The zero-order valence-corrected chi connectivity index (χ0v) is 22.3. The molecule has 4 rings (SSSR count). The number of piperazine rings is 1. The fourth-order valence-electron chi connectivity index (χ4n) is 4.73. The van der Waals surface area contributed by atoms with E-state index in [0.717, 1.165) is 44.5 Å². The van der Waals surface area contributed by atoms with E-state index in [1.165, 1.54) is 0 Å². The Hall–Kier alpha value is -3.39. The molecule has 8 nitrogen and oxygen atoms in total. The van der Waals surface area contributed by atoms with Gasteiger partial charge in [0.15, 0.2) is 0 Å². The third kappa shape index (κ3) is 7.32. The van der Waals surface area contributed by atoms with E-state index in [-0.39, 0.29) is 35.5 Å². The van der Waals surface area contributed by atoms with Crippen molar-refractivity contribution in [1.82, 2.24) is 20.4 Å². The van der Waals surface area contributed by atoms with Gasteiger partial charge in [-0.1, -0.05) is 12.1 Å². The lowest BCUT2D eigenvalue weighted by atomic mass is 9.93. The van der Waals surface area contributed by atoms with Crippen molar-refractivity contribution in [2.75, 3.05) is 25.0 Å². The van der Waals surface area contributed by atoms with Crippen molar-refractivity contribution in [3.63, 3.8) is 0 Å². The summed E-state index contributed by atoms with van der Waals surface area (Å²) >= 11 is 0. The molecule has 1 saturated carbocycles. The van der Waals surface area contributed by atoms with E-state index in [9.17, 15) is 14.4 Å². The smallest absolute Gasteiger partial charge is 0.319 e. The number of urea groups is 1. The number of carbonyl (C=O) groups excluding carboxylic acids is 3. The molecule has 0 aromatic heterocycles. The maximum absolute atomic E-state index is 13.2. The molecule has 0 bridgehead atoms. The molecule has 8 heteroatoms. The van der Waals surface area contributed by atoms with Crippen LogP contribution in [0.1, 0.15) is 73.2 Å². The number of benzene rings is 2. The zero-order valence-electron chi connectivity index (χ0n) is 22.3. The molecular formula is C29H39N5O3. The average Bonchev–Trinajstić information content (AvgIpc) is 2.81. The topological polar surface area (TPSA) is 93.8 Å². The van der Waals surface area contributed by atoms with Crippen LogP contribution in [0.4, 0.5) is 10.5 Å². The van der Waals surface area contributed by atoms with Crippen molar-refractivity contribution in [3.05, 3.63) is 65.2 Å². The normalized spacial score (nSPS) is 18.6. The van der Waals surface area contributed by atoms with Crippen molar-refractivity contribution in [2.45, 2.75) is 71.1 Å². The maximum atomic E-state index is 13.2. The van der Waals surface area contributed by atoms with Gasteiger partial charge in [0.1, 0.15) is 0 Å². The van der Waals surface area contributed by atoms with E-state index < -0.39 is 0 Å². The summed E-state index contributed by atoms with van der Waals surface area (Å²) in [5, 5.41) is 8.80. The molecule has 4 amide bonds. The fourth-order valence-corrected chi connectivity index (χ4v) is 4.73. The standard InChI is InChI=1S/C29H39N5O3/c1-20-18-33(19-21-7-5-8-23(17-21)26(35)32-29(2,3)4)15-16-34(20)27(36)22-11-13-25(14-12-22)31-28(37)30-24-9-6-10-24/h5,7-8,11-14,17,20,24H,6,9-10,15-16,18-19H2,1-4H3,(H,32,35)(H2,30,31,37)/t20-/m0/s1. The van der Waals surface area contributed by atoms with Crippen LogP contribution >= 0.6 is 0 Å². The summed E-state index contributed by atoms with van der Waals surface area (Å²) in [5.74, 6) is -0.0724.